The van der Waals surface area contributed by atoms with Gasteiger partial charge in [0.15, 0.2) is 0 Å². The number of hydrogen-bond acceptors (Lipinski definition) is 2. The molecule has 1 heterocycles. The van der Waals surface area contributed by atoms with E-state index in [4.69, 9.17) is 0 Å². The van der Waals surface area contributed by atoms with Crippen molar-refractivity contribution in [1.29, 1.82) is 0 Å². The summed E-state index contributed by atoms with van der Waals surface area (Å²) in [5.74, 6) is 0.902. The summed E-state index contributed by atoms with van der Waals surface area (Å²) < 4.78 is 0. The highest BCUT2D eigenvalue weighted by atomic mass is 32.1. The predicted octanol–water partition coefficient (Wildman–Crippen LogP) is 4.63. The standard InChI is InChI=1S/C16H27NS/c1-2-10-17-16(12-14-9-11-18-13-14)15-7-5-3-4-6-8-15/h9,11,13,15-17H,2-8,10,12H2,1H3. The van der Waals surface area contributed by atoms with Crippen molar-refractivity contribution in [3.05, 3.63) is 22.4 Å². The fraction of sp³-hybridized carbons (Fsp3) is 0.750. The van der Waals surface area contributed by atoms with Gasteiger partial charge in [0, 0.05) is 6.04 Å². The first-order valence-corrected chi connectivity index (χ1v) is 8.59. The van der Waals surface area contributed by atoms with Crippen molar-refractivity contribution in [3.8, 4) is 0 Å². The first-order chi connectivity index (χ1) is 8.90. The van der Waals surface area contributed by atoms with E-state index in [-0.39, 0.29) is 0 Å². The van der Waals surface area contributed by atoms with Gasteiger partial charge in [-0.05, 0) is 60.5 Å². The lowest BCUT2D eigenvalue weighted by Crippen LogP contribution is -2.38. The average molecular weight is 265 g/mol. The van der Waals surface area contributed by atoms with Crippen LogP contribution in [0, 0.1) is 5.92 Å². The topological polar surface area (TPSA) is 12.0 Å². The lowest BCUT2D eigenvalue weighted by molar-refractivity contribution is 0.317. The second kappa shape index (κ2) is 7.96. The molecule has 1 nitrogen and oxygen atoms in total. The van der Waals surface area contributed by atoms with Gasteiger partial charge in [0.2, 0.25) is 0 Å². The van der Waals surface area contributed by atoms with E-state index in [0.29, 0.717) is 6.04 Å². The molecule has 1 N–H and O–H groups in total. The smallest absolute Gasteiger partial charge is 0.0136 e. The quantitative estimate of drug-likeness (QED) is 0.740. The third kappa shape index (κ3) is 4.40. The van der Waals surface area contributed by atoms with Crippen LogP contribution in [0.15, 0.2) is 16.8 Å². The molecule has 2 heteroatoms. The molecule has 0 spiro atoms. The van der Waals surface area contributed by atoms with E-state index in [1.165, 1.54) is 63.5 Å². The Morgan fingerprint density at radius 1 is 1.28 bits per heavy atom. The monoisotopic (exact) mass is 265 g/mol. The maximum absolute atomic E-state index is 3.81. The van der Waals surface area contributed by atoms with Gasteiger partial charge in [-0.15, -0.1) is 0 Å². The largest absolute Gasteiger partial charge is 0.313 e. The van der Waals surface area contributed by atoms with Crippen LogP contribution < -0.4 is 5.32 Å². The number of nitrogens with one attached hydrogen (secondary N) is 1. The van der Waals surface area contributed by atoms with Crippen LogP contribution in [-0.4, -0.2) is 12.6 Å². The molecular formula is C16H27NS. The van der Waals surface area contributed by atoms with Crippen LogP contribution in [-0.2, 0) is 6.42 Å². The molecule has 1 atom stereocenters. The van der Waals surface area contributed by atoms with Crippen molar-refractivity contribution in [2.75, 3.05) is 6.54 Å². The van der Waals surface area contributed by atoms with Crippen LogP contribution in [0.2, 0.25) is 0 Å². The Balaban J connectivity index is 1.93. The number of hydrogen-bond donors (Lipinski definition) is 1. The summed E-state index contributed by atoms with van der Waals surface area (Å²) in [5, 5.41) is 8.33. The fourth-order valence-corrected chi connectivity index (χ4v) is 3.79. The van der Waals surface area contributed by atoms with Crippen LogP contribution in [0.25, 0.3) is 0 Å². The number of rotatable bonds is 6. The van der Waals surface area contributed by atoms with E-state index in [0.717, 1.165) is 5.92 Å². The molecular weight excluding hydrogens is 238 g/mol. The highest BCUT2D eigenvalue weighted by Gasteiger charge is 2.22. The molecule has 1 aromatic rings. The highest BCUT2D eigenvalue weighted by molar-refractivity contribution is 7.07. The van der Waals surface area contributed by atoms with Gasteiger partial charge in [-0.1, -0.05) is 32.6 Å². The van der Waals surface area contributed by atoms with E-state index in [1.54, 1.807) is 0 Å². The zero-order valence-electron chi connectivity index (χ0n) is 11.7. The van der Waals surface area contributed by atoms with Crippen LogP contribution in [0.1, 0.15) is 57.4 Å². The third-order valence-corrected chi connectivity index (χ3v) is 4.89. The minimum absolute atomic E-state index is 0.706. The highest BCUT2D eigenvalue weighted by Crippen LogP contribution is 2.27. The van der Waals surface area contributed by atoms with Crippen molar-refractivity contribution >= 4 is 11.3 Å². The molecule has 0 bridgehead atoms. The molecule has 1 saturated carbocycles. The van der Waals surface area contributed by atoms with E-state index in [1.807, 2.05) is 11.3 Å². The second-order valence-corrected chi connectivity index (χ2v) is 6.43. The maximum atomic E-state index is 3.81. The summed E-state index contributed by atoms with van der Waals surface area (Å²) in [7, 11) is 0. The second-order valence-electron chi connectivity index (χ2n) is 5.65. The van der Waals surface area contributed by atoms with Crippen LogP contribution in [0.5, 0.6) is 0 Å². The zero-order valence-corrected chi connectivity index (χ0v) is 12.5. The molecule has 0 aliphatic heterocycles. The molecule has 102 valence electrons. The molecule has 1 aromatic heterocycles. The van der Waals surface area contributed by atoms with Gasteiger partial charge in [-0.3, -0.25) is 0 Å². The van der Waals surface area contributed by atoms with E-state index in [2.05, 4.69) is 29.1 Å². The summed E-state index contributed by atoms with van der Waals surface area (Å²) in [6.45, 7) is 3.44. The van der Waals surface area contributed by atoms with Gasteiger partial charge < -0.3 is 5.32 Å². The molecule has 1 unspecified atom stereocenters. The van der Waals surface area contributed by atoms with Crippen molar-refractivity contribution in [3.63, 3.8) is 0 Å². The Morgan fingerprint density at radius 2 is 2.06 bits per heavy atom. The molecule has 2 rings (SSSR count). The van der Waals surface area contributed by atoms with E-state index < -0.39 is 0 Å². The van der Waals surface area contributed by atoms with Gasteiger partial charge in [0.25, 0.3) is 0 Å². The molecule has 1 fully saturated rings. The van der Waals surface area contributed by atoms with Crippen molar-refractivity contribution in [2.24, 2.45) is 5.92 Å². The van der Waals surface area contributed by atoms with Crippen molar-refractivity contribution in [1.82, 2.24) is 5.32 Å². The predicted molar refractivity (Wildman–Crippen MR) is 81.3 cm³/mol. The first kappa shape index (κ1) is 14.1. The molecule has 18 heavy (non-hydrogen) atoms. The molecule has 0 saturated heterocycles. The van der Waals surface area contributed by atoms with Crippen LogP contribution in [0.3, 0.4) is 0 Å². The number of thiophene rings is 1. The van der Waals surface area contributed by atoms with E-state index >= 15 is 0 Å². The minimum atomic E-state index is 0.706. The maximum Gasteiger partial charge on any atom is 0.0136 e. The molecule has 0 aromatic carbocycles. The van der Waals surface area contributed by atoms with E-state index in [9.17, 15) is 0 Å². The lowest BCUT2D eigenvalue weighted by Gasteiger charge is -2.27. The lowest BCUT2D eigenvalue weighted by atomic mass is 9.88. The Bertz CT molecular complexity index is 299. The normalized spacial score (nSPS) is 19.6. The third-order valence-electron chi connectivity index (χ3n) is 4.16. The minimum Gasteiger partial charge on any atom is -0.313 e. The zero-order chi connectivity index (χ0) is 12.6. The Morgan fingerprint density at radius 3 is 2.67 bits per heavy atom. The van der Waals surface area contributed by atoms with Gasteiger partial charge in [-0.2, -0.15) is 11.3 Å². The Kier molecular flexibility index (Phi) is 6.22. The molecule has 1 aliphatic rings. The summed E-state index contributed by atoms with van der Waals surface area (Å²) in [6.07, 6.45) is 11.1. The van der Waals surface area contributed by atoms with Gasteiger partial charge >= 0.3 is 0 Å². The van der Waals surface area contributed by atoms with Gasteiger partial charge in [0.05, 0.1) is 0 Å². The van der Waals surface area contributed by atoms with Crippen molar-refractivity contribution in [2.45, 2.75) is 64.3 Å². The summed E-state index contributed by atoms with van der Waals surface area (Å²) in [4.78, 5) is 0. The molecule has 0 amide bonds. The Labute approximate surface area is 116 Å². The molecule has 1 aliphatic carbocycles. The van der Waals surface area contributed by atoms with Crippen molar-refractivity contribution < 1.29 is 0 Å². The molecule has 0 radical (unpaired) electrons. The van der Waals surface area contributed by atoms with Crippen LogP contribution in [0.4, 0.5) is 0 Å². The van der Waals surface area contributed by atoms with Gasteiger partial charge in [-0.25, -0.2) is 0 Å². The fourth-order valence-electron chi connectivity index (χ4n) is 3.11. The SMILES string of the molecule is CCCNC(Cc1ccsc1)C1CCCCCC1. The average Bonchev–Trinajstić information content (AvgIpc) is 2.74. The Hall–Kier alpha value is -0.340. The summed E-state index contributed by atoms with van der Waals surface area (Å²) in [6, 6.07) is 3.00. The summed E-state index contributed by atoms with van der Waals surface area (Å²) in [5.41, 5.74) is 1.53. The van der Waals surface area contributed by atoms with Crippen LogP contribution >= 0.6 is 11.3 Å². The van der Waals surface area contributed by atoms with Gasteiger partial charge in [0.1, 0.15) is 0 Å². The summed E-state index contributed by atoms with van der Waals surface area (Å²) >= 11 is 1.83. The first-order valence-electron chi connectivity index (χ1n) is 7.64.